The van der Waals surface area contributed by atoms with Crippen LogP contribution in [0.2, 0.25) is 0 Å². The van der Waals surface area contributed by atoms with Crippen LogP contribution in [-0.4, -0.2) is 24.5 Å². The molecule has 0 aromatic heterocycles. The lowest BCUT2D eigenvalue weighted by Crippen LogP contribution is -2.46. The zero-order chi connectivity index (χ0) is 11.8. The van der Waals surface area contributed by atoms with Gasteiger partial charge in [0, 0.05) is 6.04 Å². The quantitative estimate of drug-likeness (QED) is 0.749. The van der Waals surface area contributed by atoms with Crippen molar-refractivity contribution in [3.8, 4) is 0 Å². The number of rotatable bonds is 2. The lowest BCUT2D eigenvalue weighted by molar-refractivity contribution is -0.124. The molecule has 0 bridgehead atoms. The normalized spacial score (nSPS) is 37.6. The Bertz CT molecular complexity index is 275. The van der Waals surface area contributed by atoms with Crippen molar-refractivity contribution in [3.05, 3.63) is 0 Å². The van der Waals surface area contributed by atoms with Gasteiger partial charge in [0.25, 0.3) is 0 Å². The van der Waals surface area contributed by atoms with Crippen molar-refractivity contribution in [1.82, 2.24) is 10.6 Å². The number of hydrogen-bond donors (Lipinski definition) is 2. The highest BCUT2D eigenvalue weighted by Crippen LogP contribution is 2.37. The highest BCUT2D eigenvalue weighted by atomic mass is 16.2. The fourth-order valence-corrected chi connectivity index (χ4v) is 3.04. The Kier molecular flexibility index (Phi) is 3.24. The number of hydrogen-bond acceptors (Lipinski definition) is 2. The van der Waals surface area contributed by atoms with Gasteiger partial charge in [0.1, 0.15) is 0 Å². The largest absolute Gasteiger partial charge is 0.352 e. The first-order chi connectivity index (χ1) is 7.48. The molecule has 3 heteroatoms. The van der Waals surface area contributed by atoms with Crippen LogP contribution >= 0.6 is 0 Å². The van der Waals surface area contributed by atoms with E-state index in [9.17, 15) is 4.79 Å². The van der Waals surface area contributed by atoms with Gasteiger partial charge in [0.15, 0.2) is 0 Å². The van der Waals surface area contributed by atoms with E-state index in [4.69, 9.17) is 0 Å². The summed E-state index contributed by atoms with van der Waals surface area (Å²) in [7, 11) is 0. The summed E-state index contributed by atoms with van der Waals surface area (Å²) in [6, 6.07) is 0.445. The predicted molar refractivity (Wildman–Crippen MR) is 65.1 cm³/mol. The minimum atomic E-state index is 0.0451. The summed E-state index contributed by atoms with van der Waals surface area (Å²) in [6.07, 6.45) is 4.61. The summed E-state index contributed by atoms with van der Waals surface area (Å²) in [5, 5.41) is 6.49. The minimum absolute atomic E-state index is 0.0451. The average Bonchev–Trinajstić information content (AvgIpc) is 2.72. The highest BCUT2D eigenvalue weighted by Gasteiger charge is 2.35. The lowest BCUT2D eigenvalue weighted by atomic mass is 9.92. The molecule has 2 aliphatic rings. The second kappa shape index (κ2) is 4.36. The van der Waals surface area contributed by atoms with Crippen LogP contribution in [-0.2, 0) is 4.79 Å². The first-order valence-electron chi connectivity index (χ1n) is 6.52. The van der Waals surface area contributed by atoms with Crippen LogP contribution in [0, 0.1) is 11.3 Å². The monoisotopic (exact) mass is 224 g/mol. The molecule has 1 aliphatic heterocycles. The number of amides is 1. The van der Waals surface area contributed by atoms with E-state index < -0.39 is 0 Å². The second-order valence-electron chi connectivity index (χ2n) is 6.31. The molecule has 2 fully saturated rings. The maximum Gasteiger partial charge on any atom is 0.237 e. The van der Waals surface area contributed by atoms with E-state index in [1.807, 2.05) is 0 Å². The second-order valence-corrected chi connectivity index (χ2v) is 6.31. The van der Waals surface area contributed by atoms with Crippen LogP contribution in [0.4, 0.5) is 0 Å². The molecule has 0 aromatic carbocycles. The molecule has 2 rings (SSSR count). The van der Waals surface area contributed by atoms with Crippen molar-refractivity contribution in [1.29, 1.82) is 0 Å². The Morgan fingerprint density at radius 1 is 1.38 bits per heavy atom. The molecule has 1 aliphatic carbocycles. The fraction of sp³-hybridized carbons (Fsp3) is 0.923. The third kappa shape index (κ3) is 2.57. The van der Waals surface area contributed by atoms with Crippen LogP contribution in [0.15, 0.2) is 0 Å². The highest BCUT2D eigenvalue weighted by molar-refractivity contribution is 5.82. The number of carbonyl (C=O) groups excluding carboxylic acids is 1. The standard InChI is InChI=1S/C13H24N2O/c1-9-5-7-14-11(9)12(16)15-10-4-6-13(2,3)8-10/h9-11,14H,4-8H2,1-3H3,(H,15,16). The van der Waals surface area contributed by atoms with Crippen molar-refractivity contribution in [3.63, 3.8) is 0 Å². The predicted octanol–water partition coefficient (Wildman–Crippen LogP) is 1.68. The van der Waals surface area contributed by atoms with E-state index in [1.165, 1.54) is 6.42 Å². The zero-order valence-electron chi connectivity index (χ0n) is 10.7. The van der Waals surface area contributed by atoms with Gasteiger partial charge in [-0.25, -0.2) is 0 Å². The molecule has 1 heterocycles. The molecule has 1 amide bonds. The van der Waals surface area contributed by atoms with E-state index >= 15 is 0 Å². The summed E-state index contributed by atoms with van der Waals surface area (Å²) in [4.78, 5) is 12.0. The molecule has 0 radical (unpaired) electrons. The van der Waals surface area contributed by atoms with E-state index in [1.54, 1.807) is 0 Å². The van der Waals surface area contributed by atoms with Crippen LogP contribution in [0.5, 0.6) is 0 Å². The van der Waals surface area contributed by atoms with E-state index in [2.05, 4.69) is 31.4 Å². The summed E-state index contributed by atoms with van der Waals surface area (Å²) in [6.45, 7) is 7.71. The Morgan fingerprint density at radius 3 is 2.62 bits per heavy atom. The van der Waals surface area contributed by atoms with Crippen molar-refractivity contribution < 1.29 is 4.79 Å². The van der Waals surface area contributed by atoms with Crippen molar-refractivity contribution >= 4 is 5.91 Å². The SMILES string of the molecule is CC1CCNC1C(=O)NC1CCC(C)(C)C1. The number of carbonyl (C=O) groups is 1. The average molecular weight is 224 g/mol. The van der Waals surface area contributed by atoms with Crippen molar-refractivity contribution in [2.45, 2.75) is 58.5 Å². The molecule has 0 aromatic rings. The Labute approximate surface area is 98.4 Å². The molecule has 1 saturated heterocycles. The molecule has 16 heavy (non-hydrogen) atoms. The molecule has 1 saturated carbocycles. The number of nitrogens with one attached hydrogen (secondary N) is 2. The fourth-order valence-electron chi connectivity index (χ4n) is 3.04. The molecular formula is C13H24N2O. The van der Waals surface area contributed by atoms with Gasteiger partial charge in [0.05, 0.1) is 6.04 Å². The third-order valence-electron chi connectivity index (χ3n) is 4.13. The van der Waals surface area contributed by atoms with Gasteiger partial charge in [-0.05, 0) is 43.6 Å². The van der Waals surface area contributed by atoms with Crippen LogP contribution in [0.3, 0.4) is 0 Å². The maximum atomic E-state index is 12.0. The van der Waals surface area contributed by atoms with Gasteiger partial charge in [-0.2, -0.15) is 0 Å². The first kappa shape index (κ1) is 11.9. The molecule has 3 atom stereocenters. The third-order valence-corrected chi connectivity index (χ3v) is 4.13. The summed E-state index contributed by atoms with van der Waals surface area (Å²) in [5.41, 5.74) is 0.409. The van der Waals surface area contributed by atoms with Gasteiger partial charge in [-0.15, -0.1) is 0 Å². The molecule has 0 spiro atoms. The van der Waals surface area contributed by atoms with Gasteiger partial charge in [-0.3, -0.25) is 4.79 Å². The van der Waals surface area contributed by atoms with Crippen molar-refractivity contribution in [2.75, 3.05) is 6.54 Å². The molecule has 3 nitrogen and oxygen atoms in total. The van der Waals surface area contributed by atoms with Gasteiger partial charge < -0.3 is 10.6 Å². The molecule has 2 N–H and O–H groups in total. The first-order valence-corrected chi connectivity index (χ1v) is 6.52. The summed E-state index contributed by atoms with van der Waals surface area (Å²) < 4.78 is 0. The Balaban J connectivity index is 1.84. The summed E-state index contributed by atoms with van der Waals surface area (Å²) >= 11 is 0. The van der Waals surface area contributed by atoms with Crippen molar-refractivity contribution in [2.24, 2.45) is 11.3 Å². The van der Waals surface area contributed by atoms with Gasteiger partial charge in [0.2, 0.25) is 5.91 Å². The molecular weight excluding hydrogens is 200 g/mol. The Hall–Kier alpha value is -0.570. The summed E-state index contributed by atoms with van der Waals surface area (Å²) in [5.74, 6) is 0.696. The van der Waals surface area contributed by atoms with E-state index in [0.717, 1.165) is 25.8 Å². The van der Waals surface area contributed by atoms with Gasteiger partial charge >= 0.3 is 0 Å². The van der Waals surface area contributed by atoms with Gasteiger partial charge in [-0.1, -0.05) is 20.8 Å². The topological polar surface area (TPSA) is 41.1 Å². The molecule has 92 valence electrons. The molecule has 3 unspecified atom stereocenters. The maximum absolute atomic E-state index is 12.0. The zero-order valence-corrected chi connectivity index (χ0v) is 10.7. The minimum Gasteiger partial charge on any atom is -0.352 e. The van der Waals surface area contributed by atoms with E-state index in [0.29, 0.717) is 17.4 Å². The van der Waals surface area contributed by atoms with Crippen LogP contribution in [0.25, 0.3) is 0 Å². The lowest BCUT2D eigenvalue weighted by Gasteiger charge is -2.21. The Morgan fingerprint density at radius 2 is 2.12 bits per heavy atom. The van der Waals surface area contributed by atoms with Crippen LogP contribution < -0.4 is 10.6 Å². The van der Waals surface area contributed by atoms with Crippen LogP contribution in [0.1, 0.15) is 46.5 Å². The van der Waals surface area contributed by atoms with E-state index in [-0.39, 0.29) is 11.9 Å². The smallest absolute Gasteiger partial charge is 0.237 e.